The number of hydrazone groups is 1. The number of carbonyl (C=O) groups is 3. The van der Waals surface area contributed by atoms with Crippen molar-refractivity contribution in [2.75, 3.05) is 20.3 Å². The Morgan fingerprint density at radius 1 is 1.15 bits per heavy atom. The molecule has 1 aliphatic heterocycles. The van der Waals surface area contributed by atoms with Gasteiger partial charge < -0.3 is 29.4 Å². The highest BCUT2D eigenvalue weighted by molar-refractivity contribution is 6.01. The predicted octanol–water partition coefficient (Wildman–Crippen LogP) is 4.26. The van der Waals surface area contributed by atoms with Crippen LogP contribution in [0.4, 0.5) is 4.79 Å². The number of fused-ring (bicyclic) bond motifs is 1. The van der Waals surface area contributed by atoms with Gasteiger partial charge in [0.25, 0.3) is 5.91 Å². The van der Waals surface area contributed by atoms with E-state index in [0.717, 1.165) is 22.2 Å². The van der Waals surface area contributed by atoms with Gasteiger partial charge in [-0.1, -0.05) is 24.3 Å². The van der Waals surface area contributed by atoms with Gasteiger partial charge in [0.15, 0.2) is 18.1 Å². The maximum absolute atomic E-state index is 12.6. The minimum atomic E-state index is -0.756. The van der Waals surface area contributed by atoms with Gasteiger partial charge in [0.2, 0.25) is 0 Å². The molecule has 2 aromatic carbocycles. The molecule has 1 aromatic heterocycles. The zero-order valence-electron chi connectivity index (χ0n) is 24.0. The van der Waals surface area contributed by atoms with E-state index in [0.29, 0.717) is 22.8 Å². The van der Waals surface area contributed by atoms with Crippen LogP contribution in [0.15, 0.2) is 58.8 Å². The Labute approximate surface area is 238 Å². The number of hydrogen-bond donors (Lipinski definition) is 3. The molecule has 0 spiro atoms. The summed E-state index contributed by atoms with van der Waals surface area (Å²) in [6, 6.07) is 12.1. The summed E-state index contributed by atoms with van der Waals surface area (Å²) >= 11 is 0. The molecule has 3 amide bonds. The van der Waals surface area contributed by atoms with E-state index in [9.17, 15) is 14.4 Å². The molecule has 0 radical (unpaired) electrons. The van der Waals surface area contributed by atoms with Crippen molar-refractivity contribution in [2.45, 2.75) is 46.7 Å². The number of nitrogens with zero attached hydrogens (tertiary/aromatic N) is 2. The monoisotopic (exact) mass is 561 g/mol. The maximum Gasteiger partial charge on any atom is 0.338 e. The number of ether oxygens (including phenoxy) is 3. The Hall–Kier alpha value is -4.80. The van der Waals surface area contributed by atoms with Crippen molar-refractivity contribution in [2.24, 2.45) is 5.10 Å². The van der Waals surface area contributed by atoms with Crippen LogP contribution >= 0.6 is 0 Å². The fourth-order valence-corrected chi connectivity index (χ4v) is 5.00. The van der Waals surface area contributed by atoms with Crippen molar-refractivity contribution in [3.05, 3.63) is 70.6 Å². The third-order valence-electron chi connectivity index (χ3n) is 6.75. The maximum atomic E-state index is 12.6. The van der Waals surface area contributed by atoms with E-state index in [1.165, 1.54) is 7.11 Å². The number of para-hydroxylation sites is 1. The number of nitrogens with one attached hydrogen (secondary N) is 3. The average Bonchev–Trinajstić information content (AvgIpc) is 3.22. The zero-order chi connectivity index (χ0) is 29.7. The minimum absolute atomic E-state index is 0.194. The Morgan fingerprint density at radius 2 is 1.90 bits per heavy atom. The summed E-state index contributed by atoms with van der Waals surface area (Å²) in [4.78, 5) is 37.3. The van der Waals surface area contributed by atoms with Crippen LogP contribution in [-0.2, 0) is 14.3 Å². The van der Waals surface area contributed by atoms with E-state index in [1.807, 2.05) is 25.1 Å². The molecule has 4 rings (SSSR count). The number of benzene rings is 2. The van der Waals surface area contributed by atoms with E-state index >= 15 is 0 Å². The van der Waals surface area contributed by atoms with Crippen molar-refractivity contribution in [3.63, 3.8) is 0 Å². The first-order chi connectivity index (χ1) is 19.7. The molecule has 11 heteroatoms. The molecule has 2 heterocycles. The summed E-state index contributed by atoms with van der Waals surface area (Å²) in [5.41, 5.74) is 6.88. The quantitative estimate of drug-likeness (QED) is 0.193. The van der Waals surface area contributed by atoms with Crippen LogP contribution in [0.2, 0.25) is 0 Å². The molecule has 0 aliphatic carbocycles. The highest BCUT2D eigenvalue weighted by Gasteiger charge is 2.32. The van der Waals surface area contributed by atoms with Gasteiger partial charge >= 0.3 is 12.0 Å². The topological polar surface area (TPSA) is 132 Å². The number of esters is 1. The largest absolute Gasteiger partial charge is 0.493 e. The molecule has 1 atom stereocenters. The van der Waals surface area contributed by atoms with Gasteiger partial charge in [-0.05, 0) is 58.4 Å². The number of carbonyl (C=O) groups excluding carboxylic acids is 3. The standard InChI is InChI=1S/C30H35N5O6/c1-7-40-29(37)27-18(4)32-30(38)33-28(27)20-12-13-24(25(14-20)39-6)41-16-26(36)34-31-15-22-19(5)35(17(2)3)23-11-9-8-10-21(22)23/h8-15,17,28H,7,16H2,1-6H3,(H,34,36)(H2,32,33,38)/b31-15+/t28-/m1/s1. The first kappa shape index (κ1) is 29.2. The molecule has 216 valence electrons. The molecule has 41 heavy (non-hydrogen) atoms. The van der Waals surface area contributed by atoms with E-state index in [1.54, 1.807) is 38.3 Å². The molecule has 11 nitrogen and oxygen atoms in total. The van der Waals surface area contributed by atoms with Crippen molar-refractivity contribution < 1.29 is 28.6 Å². The van der Waals surface area contributed by atoms with Crippen LogP contribution in [0.25, 0.3) is 10.9 Å². The predicted molar refractivity (Wildman–Crippen MR) is 155 cm³/mol. The molecule has 3 aromatic rings. The summed E-state index contributed by atoms with van der Waals surface area (Å²) in [7, 11) is 1.46. The zero-order valence-corrected chi connectivity index (χ0v) is 24.0. The third kappa shape index (κ3) is 6.19. The molecular weight excluding hydrogens is 526 g/mol. The minimum Gasteiger partial charge on any atom is -0.493 e. The molecule has 0 unspecified atom stereocenters. The van der Waals surface area contributed by atoms with Crippen molar-refractivity contribution >= 4 is 35.0 Å². The smallest absolute Gasteiger partial charge is 0.338 e. The highest BCUT2D eigenvalue weighted by Crippen LogP contribution is 2.34. The van der Waals surface area contributed by atoms with Gasteiger partial charge in [0.05, 0.1) is 31.5 Å². The summed E-state index contributed by atoms with van der Waals surface area (Å²) in [5.74, 6) is -0.358. The lowest BCUT2D eigenvalue weighted by Crippen LogP contribution is -2.45. The van der Waals surface area contributed by atoms with E-state index in [4.69, 9.17) is 14.2 Å². The second-order valence-electron chi connectivity index (χ2n) is 9.76. The van der Waals surface area contributed by atoms with Crippen LogP contribution in [0.3, 0.4) is 0 Å². The number of allylic oxidation sites excluding steroid dienone is 1. The Kier molecular flexibility index (Phi) is 8.96. The van der Waals surface area contributed by atoms with Gasteiger partial charge in [-0.15, -0.1) is 0 Å². The van der Waals surface area contributed by atoms with Crippen LogP contribution in [-0.4, -0.2) is 49.0 Å². The highest BCUT2D eigenvalue weighted by atomic mass is 16.5. The summed E-state index contributed by atoms with van der Waals surface area (Å²) < 4.78 is 18.6. The van der Waals surface area contributed by atoms with Crippen LogP contribution < -0.4 is 25.5 Å². The molecule has 1 aliphatic rings. The molecule has 0 saturated carbocycles. The van der Waals surface area contributed by atoms with Crippen molar-refractivity contribution in [1.29, 1.82) is 0 Å². The molecular formula is C30H35N5O6. The van der Waals surface area contributed by atoms with Gasteiger partial charge in [0.1, 0.15) is 0 Å². The van der Waals surface area contributed by atoms with E-state index < -0.39 is 23.9 Å². The van der Waals surface area contributed by atoms with E-state index in [2.05, 4.69) is 45.6 Å². The van der Waals surface area contributed by atoms with Crippen molar-refractivity contribution in [3.8, 4) is 11.5 Å². The van der Waals surface area contributed by atoms with Gasteiger partial charge in [-0.3, -0.25) is 4.79 Å². The number of urea groups is 1. The van der Waals surface area contributed by atoms with Gasteiger partial charge in [-0.2, -0.15) is 5.10 Å². The Bertz CT molecular complexity index is 1540. The molecule has 3 N–H and O–H groups in total. The van der Waals surface area contributed by atoms with Crippen molar-refractivity contribution in [1.82, 2.24) is 20.6 Å². The SMILES string of the molecule is CCOC(=O)C1=C(C)NC(=O)N[C@@H]1c1ccc(OCC(=O)N/N=C/c2c(C)n(C(C)C)c3ccccc23)c(OC)c1. The second kappa shape index (κ2) is 12.6. The first-order valence-corrected chi connectivity index (χ1v) is 13.3. The van der Waals surface area contributed by atoms with Crippen LogP contribution in [0.1, 0.15) is 56.6 Å². The number of rotatable bonds is 10. The fourth-order valence-electron chi connectivity index (χ4n) is 5.00. The fraction of sp³-hybridized carbons (Fsp3) is 0.333. The lowest BCUT2D eigenvalue weighted by atomic mass is 9.95. The summed E-state index contributed by atoms with van der Waals surface area (Å²) in [6.07, 6.45) is 1.65. The Balaban J connectivity index is 1.45. The van der Waals surface area contributed by atoms with Crippen LogP contribution in [0, 0.1) is 6.92 Å². The number of aromatic nitrogens is 1. The molecule has 0 bridgehead atoms. The van der Waals surface area contributed by atoms with E-state index in [-0.39, 0.29) is 24.8 Å². The Morgan fingerprint density at radius 3 is 2.61 bits per heavy atom. The molecule has 0 saturated heterocycles. The number of amides is 3. The lowest BCUT2D eigenvalue weighted by molar-refractivity contribution is -0.139. The average molecular weight is 562 g/mol. The summed E-state index contributed by atoms with van der Waals surface area (Å²) in [6.45, 7) is 9.51. The normalized spacial score (nSPS) is 15.2. The molecule has 0 fully saturated rings. The summed E-state index contributed by atoms with van der Waals surface area (Å²) in [5, 5.41) is 10.6. The van der Waals surface area contributed by atoms with Gasteiger partial charge in [-0.25, -0.2) is 15.0 Å². The number of hydrogen-bond acceptors (Lipinski definition) is 7. The second-order valence-corrected chi connectivity index (χ2v) is 9.76. The lowest BCUT2D eigenvalue weighted by Gasteiger charge is -2.28. The third-order valence-corrected chi connectivity index (χ3v) is 6.75. The van der Waals surface area contributed by atoms with Gasteiger partial charge in [0, 0.05) is 33.9 Å². The van der Waals surface area contributed by atoms with Crippen LogP contribution in [0.5, 0.6) is 11.5 Å². The number of methoxy groups -OCH3 is 1. The first-order valence-electron chi connectivity index (χ1n) is 13.3.